The summed E-state index contributed by atoms with van der Waals surface area (Å²) in [6, 6.07) is 4.64. The Morgan fingerprint density at radius 2 is 2.04 bits per heavy atom. The van der Waals surface area contributed by atoms with Gasteiger partial charge in [-0.15, -0.1) is 0 Å². The zero-order valence-electron chi connectivity index (χ0n) is 15.0. The van der Waals surface area contributed by atoms with E-state index in [1.54, 1.807) is 19.1 Å². The van der Waals surface area contributed by atoms with Gasteiger partial charge in [0.05, 0.1) is 26.5 Å². The summed E-state index contributed by atoms with van der Waals surface area (Å²) in [5, 5.41) is 12.7. The zero-order chi connectivity index (χ0) is 19.6. The molecule has 0 saturated heterocycles. The fourth-order valence-corrected chi connectivity index (χ4v) is 1.92. The smallest absolute Gasteiger partial charge is 0.347 e. The van der Waals surface area contributed by atoms with Crippen LogP contribution in [-0.2, 0) is 19.2 Å². The fourth-order valence-electron chi connectivity index (χ4n) is 1.92. The van der Waals surface area contributed by atoms with Gasteiger partial charge in [0.15, 0.2) is 5.71 Å². The van der Waals surface area contributed by atoms with Crippen molar-refractivity contribution in [2.24, 2.45) is 5.16 Å². The predicted octanol–water partition coefficient (Wildman–Crippen LogP) is 0.744. The van der Waals surface area contributed by atoms with E-state index in [1.165, 1.54) is 26.5 Å². The molecule has 0 radical (unpaired) electrons. The first-order valence-electron chi connectivity index (χ1n) is 7.84. The van der Waals surface area contributed by atoms with Gasteiger partial charge in [0.25, 0.3) is 5.91 Å². The second kappa shape index (κ2) is 9.75. The number of amides is 1. The Kier molecular flexibility index (Phi) is 7.11. The number of esters is 1. The number of carbonyl (C=O) groups excluding carboxylic acids is 2. The normalized spacial score (nSPS) is 10.9. The number of rotatable bonds is 9. The lowest BCUT2D eigenvalue weighted by Gasteiger charge is -2.11. The summed E-state index contributed by atoms with van der Waals surface area (Å²) < 4.78 is 14.9. The van der Waals surface area contributed by atoms with Crippen molar-refractivity contribution in [3.05, 3.63) is 30.1 Å². The number of hydrogen-bond acceptors (Lipinski definition) is 9. The van der Waals surface area contributed by atoms with Gasteiger partial charge < -0.3 is 24.4 Å². The van der Waals surface area contributed by atoms with E-state index in [1.807, 2.05) is 0 Å². The van der Waals surface area contributed by atoms with Gasteiger partial charge in [0, 0.05) is 12.3 Å². The molecule has 0 aromatic carbocycles. The molecule has 2 heterocycles. The van der Waals surface area contributed by atoms with Crippen molar-refractivity contribution >= 4 is 23.3 Å². The molecule has 2 rings (SSSR count). The van der Waals surface area contributed by atoms with Gasteiger partial charge in [-0.25, -0.2) is 4.79 Å². The van der Waals surface area contributed by atoms with Crippen molar-refractivity contribution in [3.8, 4) is 11.8 Å². The van der Waals surface area contributed by atoms with Crippen LogP contribution in [0.1, 0.15) is 12.6 Å². The van der Waals surface area contributed by atoms with Gasteiger partial charge in [0.2, 0.25) is 18.4 Å². The topological polar surface area (TPSA) is 137 Å². The van der Waals surface area contributed by atoms with E-state index in [2.05, 4.69) is 25.7 Å². The highest BCUT2D eigenvalue weighted by molar-refractivity contribution is 6.48. The van der Waals surface area contributed by atoms with E-state index in [4.69, 9.17) is 19.0 Å². The molecule has 2 aromatic heterocycles. The lowest BCUT2D eigenvalue weighted by Crippen LogP contribution is -2.25. The molecule has 0 bridgehead atoms. The van der Waals surface area contributed by atoms with Crippen LogP contribution in [0.25, 0.3) is 0 Å². The Hall–Kier alpha value is -3.63. The van der Waals surface area contributed by atoms with Crippen molar-refractivity contribution in [2.45, 2.75) is 6.92 Å². The number of nitrogens with one attached hydrogen (secondary N) is 2. The number of ether oxygens (including phenoxy) is 3. The van der Waals surface area contributed by atoms with Gasteiger partial charge in [-0.05, 0) is 19.1 Å². The Morgan fingerprint density at radius 3 is 2.67 bits per heavy atom. The van der Waals surface area contributed by atoms with Crippen molar-refractivity contribution in [1.29, 1.82) is 0 Å². The minimum atomic E-state index is -0.631. The second-order valence-corrected chi connectivity index (χ2v) is 4.85. The Labute approximate surface area is 154 Å². The molecule has 144 valence electrons. The minimum absolute atomic E-state index is 0.130. The number of H-pyrrole nitrogens is 1. The molecule has 1 amide bonds. The van der Waals surface area contributed by atoms with Gasteiger partial charge in [-0.3, -0.25) is 9.89 Å². The summed E-state index contributed by atoms with van der Waals surface area (Å²) in [5.41, 5.74) is 0.451. The first-order valence-corrected chi connectivity index (χ1v) is 7.84. The largest absolute Gasteiger partial charge is 0.481 e. The number of nitrogens with zero attached hydrogens (tertiary/aromatic N) is 3. The van der Waals surface area contributed by atoms with Gasteiger partial charge in [0.1, 0.15) is 5.69 Å². The number of pyridine rings is 1. The van der Waals surface area contributed by atoms with Crippen molar-refractivity contribution in [3.63, 3.8) is 0 Å². The first-order chi connectivity index (χ1) is 13.1. The van der Waals surface area contributed by atoms with Crippen LogP contribution in [0.3, 0.4) is 0 Å². The van der Waals surface area contributed by atoms with Crippen LogP contribution < -0.4 is 14.8 Å². The maximum absolute atomic E-state index is 12.6. The van der Waals surface area contributed by atoms with Crippen LogP contribution in [0.5, 0.6) is 11.8 Å². The number of aromatic amines is 1. The molecule has 27 heavy (non-hydrogen) atoms. The number of aromatic nitrogens is 3. The maximum Gasteiger partial charge on any atom is 0.347 e. The van der Waals surface area contributed by atoms with Crippen LogP contribution in [0.15, 0.2) is 29.6 Å². The van der Waals surface area contributed by atoms with E-state index >= 15 is 0 Å². The maximum atomic E-state index is 12.6. The molecule has 0 aliphatic rings. The molecule has 0 unspecified atom stereocenters. The Balaban J connectivity index is 2.18. The number of carbonyl (C=O) groups is 2. The standard InChI is InChI=1S/C16H19N5O6/c1-4-26-13(22)9-27-21-14(10-7-8-17-20-10)15(23)18-11-5-6-12(24-2)19-16(11)25-3/h5-8H,4,9H2,1-3H3,(H,17,20)(H,18,23). The molecule has 0 saturated carbocycles. The summed E-state index contributed by atoms with van der Waals surface area (Å²) in [5.74, 6) is -0.760. The average molecular weight is 377 g/mol. The monoisotopic (exact) mass is 377 g/mol. The van der Waals surface area contributed by atoms with Crippen molar-refractivity contribution in [2.75, 3.05) is 32.8 Å². The zero-order valence-corrected chi connectivity index (χ0v) is 15.0. The van der Waals surface area contributed by atoms with Crippen molar-refractivity contribution < 1.29 is 28.6 Å². The highest BCUT2D eigenvalue weighted by Gasteiger charge is 2.19. The molecule has 2 N–H and O–H groups in total. The lowest BCUT2D eigenvalue weighted by atomic mass is 10.2. The summed E-state index contributed by atoms with van der Waals surface area (Å²) in [6.07, 6.45) is 1.44. The molecular weight excluding hydrogens is 358 g/mol. The third-order valence-corrected chi connectivity index (χ3v) is 3.10. The van der Waals surface area contributed by atoms with Crippen molar-refractivity contribution in [1.82, 2.24) is 15.2 Å². The van der Waals surface area contributed by atoms with Crippen LogP contribution in [0.4, 0.5) is 5.69 Å². The summed E-state index contributed by atoms with van der Waals surface area (Å²) in [6.45, 7) is 1.44. The molecule has 0 fully saturated rings. The molecule has 0 spiro atoms. The number of oxime groups is 1. The minimum Gasteiger partial charge on any atom is -0.481 e. The molecule has 0 aliphatic heterocycles. The lowest BCUT2D eigenvalue weighted by molar-refractivity contribution is -0.148. The van der Waals surface area contributed by atoms with Gasteiger partial charge in [-0.1, -0.05) is 5.16 Å². The molecule has 11 heteroatoms. The van der Waals surface area contributed by atoms with E-state index in [0.717, 1.165) is 0 Å². The fraction of sp³-hybridized carbons (Fsp3) is 0.312. The number of anilines is 1. The number of methoxy groups -OCH3 is 2. The second-order valence-electron chi connectivity index (χ2n) is 4.85. The summed E-state index contributed by atoms with van der Waals surface area (Å²) in [4.78, 5) is 33.0. The molecule has 0 aliphatic carbocycles. The average Bonchev–Trinajstić information content (AvgIpc) is 3.20. The first kappa shape index (κ1) is 19.7. The highest BCUT2D eigenvalue weighted by Crippen LogP contribution is 2.24. The molecule has 0 atom stereocenters. The van der Waals surface area contributed by atoms with E-state index < -0.39 is 18.5 Å². The van der Waals surface area contributed by atoms with E-state index in [-0.39, 0.29) is 23.9 Å². The quantitative estimate of drug-likeness (QED) is 0.371. The molecule has 11 nitrogen and oxygen atoms in total. The van der Waals surface area contributed by atoms with Crippen LogP contribution in [0.2, 0.25) is 0 Å². The van der Waals surface area contributed by atoms with Crippen LogP contribution in [-0.4, -0.2) is 60.2 Å². The molecular formula is C16H19N5O6. The number of hydrogen-bond donors (Lipinski definition) is 2. The Bertz CT molecular complexity index is 806. The summed E-state index contributed by atoms with van der Waals surface area (Å²) in [7, 11) is 2.87. The Morgan fingerprint density at radius 1 is 1.22 bits per heavy atom. The van der Waals surface area contributed by atoms with Crippen LogP contribution >= 0.6 is 0 Å². The van der Waals surface area contributed by atoms with E-state index in [9.17, 15) is 9.59 Å². The van der Waals surface area contributed by atoms with Gasteiger partial charge in [-0.2, -0.15) is 10.1 Å². The summed E-state index contributed by atoms with van der Waals surface area (Å²) >= 11 is 0. The van der Waals surface area contributed by atoms with E-state index in [0.29, 0.717) is 11.6 Å². The third-order valence-electron chi connectivity index (χ3n) is 3.10. The predicted molar refractivity (Wildman–Crippen MR) is 93.7 cm³/mol. The van der Waals surface area contributed by atoms with Gasteiger partial charge >= 0.3 is 5.97 Å². The molecule has 2 aromatic rings. The SMILES string of the molecule is CCOC(=O)CON=C(C(=O)Nc1ccc(OC)nc1OC)c1ccn[nH]1. The third kappa shape index (κ3) is 5.42. The highest BCUT2D eigenvalue weighted by atomic mass is 16.7. The van der Waals surface area contributed by atoms with Crippen LogP contribution in [0, 0.1) is 0 Å².